The Morgan fingerprint density at radius 2 is 1.85 bits per heavy atom. The molecule has 1 aliphatic heterocycles. The highest BCUT2D eigenvalue weighted by molar-refractivity contribution is 6.04. The standard InChI is InChI=1S/C20H18N4O3/c1-2-13-5-3-4-6-16(13)24-19(25)14-10-21-20(22-11-14)23-15-7-8-17-18(9-15)27-12-26-17/h3-11H,2,12H2,1H3,(H,24,25)(H,21,22,23). The summed E-state index contributed by atoms with van der Waals surface area (Å²) in [6, 6.07) is 13.2. The summed E-state index contributed by atoms with van der Waals surface area (Å²) in [5.74, 6) is 1.52. The number of para-hydroxylation sites is 1. The molecule has 7 nitrogen and oxygen atoms in total. The fourth-order valence-electron chi connectivity index (χ4n) is 2.76. The molecule has 1 amide bonds. The van der Waals surface area contributed by atoms with E-state index in [0.29, 0.717) is 23.0 Å². The van der Waals surface area contributed by atoms with Gasteiger partial charge in [-0.3, -0.25) is 4.79 Å². The van der Waals surface area contributed by atoms with Crippen LogP contribution in [0.1, 0.15) is 22.8 Å². The van der Waals surface area contributed by atoms with E-state index in [1.54, 1.807) is 0 Å². The van der Waals surface area contributed by atoms with Crippen molar-refractivity contribution in [2.24, 2.45) is 0 Å². The van der Waals surface area contributed by atoms with Gasteiger partial charge in [-0.05, 0) is 30.2 Å². The van der Waals surface area contributed by atoms with Gasteiger partial charge in [0.05, 0.1) is 5.56 Å². The number of carbonyl (C=O) groups excluding carboxylic acids is 1. The number of nitrogens with zero attached hydrogens (tertiary/aromatic N) is 2. The van der Waals surface area contributed by atoms with Crippen molar-refractivity contribution < 1.29 is 14.3 Å². The minimum atomic E-state index is -0.245. The van der Waals surface area contributed by atoms with Crippen LogP contribution < -0.4 is 20.1 Å². The van der Waals surface area contributed by atoms with Gasteiger partial charge in [-0.25, -0.2) is 9.97 Å². The molecule has 0 saturated heterocycles. The quantitative estimate of drug-likeness (QED) is 0.719. The second kappa shape index (κ2) is 7.33. The number of fused-ring (bicyclic) bond motifs is 1. The summed E-state index contributed by atoms with van der Waals surface area (Å²) in [6.07, 6.45) is 3.82. The molecular formula is C20H18N4O3. The number of carbonyl (C=O) groups is 1. The molecule has 0 spiro atoms. The number of benzene rings is 2. The van der Waals surface area contributed by atoms with Gasteiger partial charge in [0.15, 0.2) is 11.5 Å². The lowest BCUT2D eigenvalue weighted by Gasteiger charge is -2.10. The van der Waals surface area contributed by atoms with Crippen LogP contribution in [0.5, 0.6) is 11.5 Å². The zero-order valence-corrected chi connectivity index (χ0v) is 14.7. The Morgan fingerprint density at radius 3 is 2.67 bits per heavy atom. The maximum absolute atomic E-state index is 12.4. The van der Waals surface area contributed by atoms with Crippen molar-refractivity contribution in [3.05, 3.63) is 66.0 Å². The van der Waals surface area contributed by atoms with E-state index >= 15 is 0 Å². The first-order valence-corrected chi connectivity index (χ1v) is 8.61. The molecular weight excluding hydrogens is 344 g/mol. The van der Waals surface area contributed by atoms with Gasteiger partial charge >= 0.3 is 0 Å². The molecule has 1 aromatic heterocycles. The van der Waals surface area contributed by atoms with Gasteiger partial charge in [0.1, 0.15) is 0 Å². The predicted molar refractivity (Wildman–Crippen MR) is 102 cm³/mol. The number of aromatic nitrogens is 2. The number of nitrogens with one attached hydrogen (secondary N) is 2. The van der Waals surface area contributed by atoms with E-state index in [-0.39, 0.29) is 12.7 Å². The summed E-state index contributed by atoms with van der Waals surface area (Å²) in [5.41, 5.74) is 3.03. The monoisotopic (exact) mass is 362 g/mol. The van der Waals surface area contributed by atoms with Gasteiger partial charge in [-0.2, -0.15) is 0 Å². The smallest absolute Gasteiger partial charge is 0.258 e. The van der Waals surface area contributed by atoms with Crippen molar-refractivity contribution in [1.29, 1.82) is 0 Å². The zero-order chi connectivity index (χ0) is 18.6. The van der Waals surface area contributed by atoms with E-state index in [2.05, 4.69) is 20.6 Å². The van der Waals surface area contributed by atoms with Crippen LogP contribution in [0.25, 0.3) is 0 Å². The third kappa shape index (κ3) is 3.67. The van der Waals surface area contributed by atoms with E-state index in [4.69, 9.17) is 9.47 Å². The van der Waals surface area contributed by atoms with E-state index in [0.717, 1.165) is 23.4 Å². The topological polar surface area (TPSA) is 85.4 Å². The summed E-state index contributed by atoms with van der Waals surface area (Å²) in [5, 5.41) is 5.98. The number of rotatable bonds is 5. The fourth-order valence-corrected chi connectivity index (χ4v) is 2.76. The molecule has 7 heteroatoms. The van der Waals surface area contributed by atoms with Gasteiger partial charge in [0, 0.05) is 29.8 Å². The van der Waals surface area contributed by atoms with Crippen molar-refractivity contribution in [3.8, 4) is 11.5 Å². The molecule has 0 fully saturated rings. The molecule has 3 aromatic rings. The zero-order valence-electron chi connectivity index (χ0n) is 14.7. The second-order valence-corrected chi connectivity index (χ2v) is 5.95. The molecule has 0 atom stereocenters. The number of ether oxygens (including phenoxy) is 2. The third-order valence-corrected chi connectivity index (χ3v) is 4.19. The Hall–Kier alpha value is -3.61. The number of hydrogen-bond acceptors (Lipinski definition) is 6. The van der Waals surface area contributed by atoms with Crippen LogP contribution in [-0.2, 0) is 6.42 Å². The molecule has 4 rings (SSSR count). The average molecular weight is 362 g/mol. The van der Waals surface area contributed by atoms with Crippen LogP contribution in [-0.4, -0.2) is 22.7 Å². The summed E-state index contributed by atoms with van der Waals surface area (Å²) in [4.78, 5) is 20.9. The lowest BCUT2D eigenvalue weighted by molar-refractivity contribution is 0.102. The molecule has 0 unspecified atom stereocenters. The number of aryl methyl sites for hydroxylation is 1. The maximum atomic E-state index is 12.4. The Labute approximate surface area is 156 Å². The molecule has 0 radical (unpaired) electrons. The summed E-state index contributed by atoms with van der Waals surface area (Å²) >= 11 is 0. The van der Waals surface area contributed by atoms with E-state index in [9.17, 15) is 4.79 Å². The second-order valence-electron chi connectivity index (χ2n) is 5.95. The Kier molecular flexibility index (Phi) is 4.57. The van der Waals surface area contributed by atoms with Crippen molar-refractivity contribution in [2.75, 3.05) is 17.4 Å². The summed E-state index contributed by atoms with van der Waals surface area (Å²) < 4.78 is 10.6. The summed E-state index contributed by atoms with van der Waals surface area (Å²) in [6.45, 7) is 2.27. The molecule has 0 bridgehead atoms. The van der Waals surface area contributed by atoms with E-state index in [1.165, 1.54) is 12.4 Å². The van der Waals surface area contributed by atoms with Crippen LogP contribution in [0.3, 0.4) is 0 Å². The van der Waals surface area contributed by atoms with Crippen LogP contribution in [0, 0.1) is 0 Å². The lowest BCUT2D eigenvalue weighted by atomic mass is 10.1. The number of hydrogen-bond donors (Lipinski definition) is 2. The van der Waals surface area contributed by atoms with Gasteiger partial charge in [0.2, 0.25) is 12.7 Å². The van der Waals surface area contributed by atoms with Crippen LogP contribution in [0.4, 0.5) is 17.3 Å². The van der Waals surface area contributed by atoms with Crippen LogP contribution >= 0.6 is 0 Å². The first kappa shape index (κ1) is 16.8. The van der Waals surface area contributed by atoms with Gasteiger partial charge < -0.3 is 20.1 Å². The maximum Gasteiger partial charge on any atom is 0.258 e. The Morgan fingerprint density at radius 1 is 1.07 bits per heavy atom. The van der Waals surface area contributed by atoms with Crippen LogP contribution in [0.2, 0.25) is 0 Å². The third-order valence-electron chi connectivity index (χ3n) is 4.19. The van der Waals surface area contributed by atoms with Gasteiger partial charge in [-0.15, -0.1) is 0 Å². The normalized spacial score (nSPS) is 11.9. The highest BCUT2D eigenvalue weighted by atomic mass is 16.7. The van der Waals surface area contributed by atoms with Crippen LogP contribution in [0.15, 0.2) is 54.9 Å². The van der Waals surface area contributed by atoms with Crippen molar-refractivity contribution in [3.63, 3.8) is 0 Å². The van der Waals surface area contributed by atoms with Gasteiger partial charge in [0.25, 0.3) is 5.91 Å². The lowest BCUT2D eigenvalue weighted by Crippen LogP contribution is -2.14. The number of amides is 1. The first-order chi connectivity index (χ1) is 13.2. The highest BCUT2D eigenvalue weighted by Crippen LogP contribution is 2.34. The Balaban J connectivity index is 1.44. The molecule has 0 aliphatic carbocycles. The van der Waals surface area contributed by atoms with Crippen molar-refractivity contribution in [2.45, 2.75) is 13.3 Å². The minimum Gasteiger partial charge on any atom is -0.454 e. The number of anilines is 3. The predicted octanol–water partition coefficient (Wildman–Crippen LogP) is 3.76. The summed E-state index contributed by atoms with van der Waals surface area (Å²) in [7, 11) is 0. The SMILES string of the molecule is CCc1ccccc1NC(=O)c1cnc(Nc2ccc3c(c2)OCO3)nc1. The van der Waals surface area contributed by atoms with Gasteiger partial charge in [-0.1, -0.05) is 25.1 Å². The minimum absolute atomic E-state index is 0.222. The molecule has 0 saturated carbocycles. The molecule has 2 aromatic carbocycles. The fraction of sp³-hybridized carbons (Fsp3) is 0.150. The molecule has 1 aliphatic rings. The largest absolute Gasteiger partial charge is 0.454 e. The Bertz CT molecular complexity index is 973. The van der Waals surface area contributed by atoms with Crippen molar-refractivity contribution >= 4 is 23.2 Å². The average Bonchev–Trinajstić information content (AvgIpc) is 3.17. The van der Waals surface area contributed by atoms with Crippen molar-refractivity contribution in [1.82, 2.24) is 9.97 Å². The molecule has 2 N–H and O–H groups in total. The molecule has 2 heterocycles. The molecule has 136 valence electrons. The first-order valence-electron chi connectivity index (χ1n) is 8.61. The van der Waals surface area contributed by atoms with E-state index < -0.39 is 0 Å². The molecule has 27 heavy (non-hydrogen) atoms. The van der Waals surface area contributed by atoms with E-state index in [1.807, 2.05) is 49.4 Å². The highest BCUT2D eigenvalue weighted by Gasteiger charge is 2.14.